The van der Waals surface area contributed by atoms with Crippen LogP contribution >= 0.6 is 11.3 Å². The van der Waals surface area contributed by atoms with Gasteiger partial charge in [0.25, 0.3) is 0 Å². The van der Waals surface area contributed by atoms with Crippen molar-refractivity contribution >= 4 is 40.7 Å². The Balaban J connectivity index is 1.39. The molecule has 14 heteroatoms. The maximum absolute atomic E-state index is 14.3. The normalized spacial score (nSPS) is 17.6. The van der Waals surface area contributed by atoms with Gasteiger partial charge in [-0.15, -0.1) is 11.3 Å². The van der Waals surface area contributed by atoms with Crippen LogP contribution in [0.4, 0.5) is 5.69 Å². The van der Waals surface area contributed by atoms with Crippen molar-refractivity contribution in [1.82, 2.24) is 30.3 Å². The molecule has 2 aromatic carbocycles. The number of methoxy groups -OCH3 is 2. The Hall–Kier alpha value is -4.37. The highest BCUT2D eigenvalue weighted by Crippen LogP contribution is 2.30. The molecule has 336 valence electrons. The topological polar surface area (TPSA) is 145 Å². The van der Waals surface area contributed by atoms with Gasteiger partial charge in [0, 0.05) is 58.7 Å². The molecule has 2 heterocycles. The zero-order chi connectivity index (χ0) is 44.6. The second-order valence-electron chi connectivity index (χ2n) is 16.9. The lowest BCUT2D eigenvalue weighted by atomic mass is 9.90. The highest BCUT2D eigenvalue weighted by atomic mass is 32.1. The van der Waals surface area contributed by atoms with Crippen LogP contribution in [0.2, 0.25) is 0 Å². The molecular formula is C47H71N7O6S. The van der Waals surface area contributed by atoms with Crippen molar-refractivity contribution in [3.63, 3.8) is 0 Å². The van der Waals surface area contributed by atoms with Crippen LogP contribution in [0.1, 0.15) is 82.5 Å². The number of amides is 4. The zero-order valence-corrected chi connectivity index (χ0v) is 38.9. The number of ether oxygens (including phenoxy) is 2. The van der Waals surface area contributed by atoms with Gasteiger partial charge in [0.15, 0.2) is 0 Å². The molecule has 61 heavy (non-hydrogen) atoms. The SMILES string of the molecule is CCC(C)C(C(CC(=O)N1CCCC1C(OC)C(C)C(=O)NC(Cc1ccccc1)c1nccs1)OC)N(C)C(=O)CNC(=O)C(C(C)C)N(C)CCc1ccc(NC)cc1. The van der Waals surface area contributed by atoms with E-state index in [4.69, 9.17) is 9.47 Å². The van der Waals surface area contributed by atoms with Gasteiger partial charge in [0.05, 0.1) is 55.3 Å². The minimum Gasteiger partial charge on any atom is -0.388 e. The van der Waals surface area contributed by atoms with Gasteiger partial charge in [-0.3, -0.25) is 24.1 Å². The van der Waals surface area contributed by atoms with Crippen LogP contribution < -0.4 is 16.0 Å². The fourth-order valence-corrected chi connectivity index (χ4v) is 9.46. The second-order valence-corrected chi connectivity index (χ2v) is 17.8. The zero-order valence-electron chi connectivity index (χ0n) is 38.1. The highest BCUT2D eigenvalue weighted by molar-refractivity contribution is 7.09. The molecule has 0 aliphatic carbocycles. The summed E-state index contributed by atoms with van der Waals surface area (Å²) in [6, 6.07) is 16.8. The van der Waals surface area contributed by atoms with E-state index in [2.05, 4.69) is 46.9 Å². The Labute approximate surface area is 368 Å². The molecule has 1 fully saturated rings. The molecule has 8 unspecified atom stereocenters. The number of benzene rings is 2. The molecule has 1 aliphatic rings. The predicted molar refractivity (Wildman–Crippen MR) is 243 cm³/mol. The number of nitrogens with zero attached hydrogens (tertiary/aromatic N) is 4. The van der Waals surface area contributed by atoms with Gasteiger partial charge in [-0.1, -0.05) is 83.5 Å². The Morgan fingerprint density at radius 1 is 0.951 bits per heavy atom. The number of rotatable bonds is 24. The van der Waals surface area contributed by atoms with Crippen LogP contribution in [0, 0.1) is 17.8 Å². The summed E-state index contributed by atoms with van der Waals surface area (Å²) < 4.78 is 12.1. The van der Waals surface area contributed by atoms with Crippen molar-refractivity contribution in [3.8, 4) is 0 Å². The van der Waals surface area contributed by atoms with Crippen LogP contribution in [0.15, 0.2) is 66.2 Å². The van der Waals surface area contributed by atoms with Crippen LogP contribution in [0.5, 0.6) is 0 Å². The number of hydrogen-bond acceptors (Lipinski definition) is 10. The first-order valence-corrected chi connectivity index (χ1v) is 22.7. The Morgan fingerprint density at radius 3 is 2.25 bits per heavy atom. The summed E-state index contributed by atoms with van der Waals surface area (Å²) in [7, 11) is 8.73. The van der Waals surface area contributed by atoms with Gasteiger partial charge in [-0.05, 0) is 67.8 Å². The molecular weight excluding hydrogens is 791 g/mol. The molecule has 0 saturated carbocycles. The minimum atomic E-state index is -0.608. The van der Waals surface area contributed by atoms with Crippen LogP contribution in [-0.4, -0.2) is 129 Å². The number of carbonyl (C=O) groups excluding carboxylic acids is 4. The van der Waals surface area contributed by atoms with E-state index in [-0.39, 0.29) is 60.5 Å². The number of hydrogen-bond donors (Lipinski definition) is 3. The summed E-state index contributed by atoms with van der Waals surface area (Å²) in [5.41, 5.74) is 3.32. The monoisotopic (exact) mass is 862 g/mol. The Kier molecular flexibility index (Phi) is 19.6. The van der Waals surface area contributed by atoms with Crippen LogP contribution in [0.3, 0.4) is 0 Å². The summed E-state index contributed by atoms with van der Waals surface area (Å²) in [6.45, 7) is 11.0. The third-order valence-electron chi connectivity index (χ3n) is 12.4. The lowest BCUT2D eigenvalue weighted by Gasteiger charge is -2.39. The minimum absolute atomic E-state index is 0.00870. The first-order chi connectivity index (χ1) is 29.2. The number of aromatic nitrogens is 1. The molecule has 0 spiro atoms. The number of likely N-dealkylation sites (N-methyl/N-ethyl adjacent to an activating group) is 2. The van der Waals surface area contributed by atoms with E-state index < -0.39 is 30.2 Å². The van der Waals surface area contributed by atoms with E-state index in [0.29, 0.717) is 25.9 Å². The summed E-state index contributed by atoms with van der Waals surface area (Å²) in [6.07, 6.45) is 4.25. The third kappa shape index (κ3) is 13.6. The van der Waals surface area contributed by atoms with E-state index in [1.807, 2.05) is 92.5 Å². The Morgan fingerprint density at radius 2 is 1.66 bits per heavy atom. The lowest BCUT2D eigenvalue weighted by molar-refractivity contribution is -0.146. The second kappa shape index (κ2) is 24.3. The molecule has 4 amide bonds. The molecule has 13 nitrogen and oxygen atoms in total. The fraction of sp³-hybridized carbons (Fsp3) is 0.596. The van der Waals surface area contributed by atoms with E-state index in [0.717, 1.165) is 35.5 Å². The van der Waals surface area contributed by atoms with Gasteiger partial charge >= 0.3 is 0 Å². The Bertz CT molecular complexity index is 1800. The van der Waals surface area contributed by atoms with E-state index in [9.17, 15) is 19.2 Å². The van der Waals surface area contributed by atoms with Crippen LogP contribution in [0.25, 0.3) is 0 Å². The number of anilines is 1. The van der Waals surface area contributed by atoms with Crippen molar-refractivity contribution in [2.45, 2.75) is 110 Å². The van der Waals surface area contributed by atoms with Crippen molar-refractivity contribution in [2.75, 3.05) is 60.3 Å². The van der Waals surface area contributed by atoms with E-state index in [1.165, 1.54) is 16.9 Å². The fourth-order valence-electron chi connectivity index (χ4n) is 8.77. The first-order valence-electron chi connectivity index (χ1n) is 21.8. The molecule has 1 aliphatic heterocycles. The van der Waals surface area contributed by atoms with Crippen molar-refractivity contribution in [3.05, 3.63) is 82.3 Å². The molecule has 4 rings (SSSR count). The molecule has 0 radical (unpaired) electrons. The maximum Gasteiger partial charge on any atom is 0.242 e. The molecule has 1 saturated heterocycles. The maximum atomic E-state index is 14.3. The van der Waals surface area contributed by atoms with Crippen molar-refractivity contribution < 1.29 is 28.7 Å². The molecule has 1 aromatic heterocycles. The third-order valence-corrected chi connectivity index (χ3v) is 13.3. The smallest absolute Gasteiger partial charge is 0.242 e. The van der Waals surface area contributed by atoms with Gasteiger partial charge in [0.1, 0.15) is 5.01 Å². The first kappa shape index (κ1) is 49.3. The van der Waals surface area contributed by atoms with Gasteiger partial charge in [-0.2, -0.15) is 0 Å². The summed E-state index contributed by atoms with van der Waals surface area (Å²) >= 11 is 1.51. The molecule has 0 bridgehead atoms. The lowest BCUT2D eigenvalue weighted by Crippen LogP contribution is -2.55. The average molecular weight is 862 g/mol. The van der Waals surface area contributed by atoms with Gasteiger partial charge < -0.3 is 35.2 Å². The molecule has 3 aromatic rings. The van der Waals surface area contributed by atoms with E-state index >= 15 is 0 Å². The molecule has 8 atom stereocenters. The number of nitrogens with one attached hydrogen (secondary N) is 3. The van der Waals surface area contributed by atoms with E-state index in [1.54, 1.807) is 32.4 Å². The van der Waals surface area contributed by atoms with Crippen LogP contribution in [-0.2, 0) is 41.5 Å². The average Bonchev–Trinajstić information content (AvgIpc) is 3.99. The molecule has 3 N–H and O–H groups in total. The number of likely N-dealkylation sites (tertiary alicyclic amines) is 1. The summed E-state index contributed by atoms with van der Waals surface area (Å²) in [5.74, 6) is -1.28. The van der Waals surface area contributed by atoms with Gasteiger partial charge in [-0.25, -0.2) is 4.98 Å². The highest BCUT2D eigenvalue weighted by Gasteiger charge is 2.42. The number of thiazole rings is 1. The summed E-state index contributed by atoms with van der Waals surface area (Å²) in [4.78, 5) is 65.7. The summed E-state index contributed by atoms with van der Waals surface area (Å²) in [5, 5.41) is 12.0. The van der Waals surface area contributed by atoms with Crippen molar-refractivity contribution in [1.29, 1.82) is 0 Å². The number of carbonyl (C=O) groups is 4. The quantitative estimate of drug-likeness (QED) is 0.102. The standard InChI is InChI=1S/C47H71N7O6S/c1-11-32(4)43(53(8)41(56)30-50-46(58)42(31(2)3)52(7)26-23-34-19-21-36(48-6)22-20-34)39(59-9)29-40(55)54-25-15-18-38(54)44(60-10)33(5)45(57)51-37(47-49-24-27-61-47)28-35-16-13-12-14-17-35/h12-14,16-17,19-22,24,27,31-33,37-39,42-44,48H,11,15,18,23,25-26,28-30H2,1-10H3,(H,50,58)(H,51,57). The van der Waals surface area contributed by atoms with Crippen molar-refractivity contribution in [2.24, 2.45) is 17.8 Å². The largest absolute Gasteiger partial charge is 0.388 e. The van der Waals surface area contributed by atoms with Gasteiger partial charge in [0.2, 0.25) is 23.6 Å². The predicted octanol–water partition coefficient (Wildman–Crippen LogP) is 5.82.